The number of anilines is 1. The van der Waals surface area contributed by atoms with Gasteiger partial charge in [-0.05, 0) is 68.0 Å². The minimum Gasteiger partial charge on any atom is -0.491 e. The van der Waals surface area contributed by atoms with Crippen LogP contribution in [-0.2, 0) is 24.6 Å². The Morgan fingerprint density at radius 2 is 1.61 bits per heavy atom. The lowest BCUT2D eigenvalue weighted by Crippen LogP contribution is -2.53. The maximum atomic E-state index is 15.1. The van der Waals surface area contributed by atoms with Gasteiger partial charge in [-0.15, -0.1) is 0 Å². The van der Waals surface area contributed by atoms with Crippen molar-refractivity contribution in [3.05, 3.63) is 107 Å². The van der Waals surface area contributed by atoms with E-state index in [1.54, 1.807) is 19.1 Å². The predicted octanol–water partition coefficient (Wildman–Crippen LogP) is 4.37. The maximum absolute atomic E-state index is 15.1. The number of hydrazine groups is 1. The number of imide groups is 2. The van der Waals surface area contributed by atoms with E-state index in [4.69, 9.17) is 4.74 Å². The topological polar surface area (TPSA) is 116 Å². The van der Waals surface area contributed by atoms with Crippen LogP contribution in [0.3, 0.4) is 0 Å². The van der Waals surface area contributed by atoms with E-state index in [0.29, 0.717) is 24.4 Å². The summed E-state index contributed by atoms with van der Waals surface area (Å²) in [5.74, 6) is -3.34. The lowest BCUT2D eigenvalue weighted by molar-refractivity contribution is -0.141. The molecular formula is C37H37N3O6. The Hall–Kier alpha value is -4.76. The first-order valence-electron chi connectivity index (χ1n) is 16.0. The molecule has 3 aromatic rings. The molecule has 4 amide bonds. The molecule has 0 unspecified atom stereocenters. The molecule has 2 saturated heterocycles. The van der Waals surface area contributed by atoms with Crippen LogP contribution < -0.4 is 10.2 Å². The number of nitrogens with one attached hydrogen (secondary N) is 1. The molecule has 236 valence electrons. The quantitative estimate of drug-likeness (QED) is 0.284. The number of nitrogens with zero attached hydrogens (tertiary/aromatic N) is 2. The number of carbonyl (C=O) groups is 4. The Kier molecular flexibility index (Phi) is 7.51. The molecular weight excluding hydrogens is 582 g/mol. The van der Waals surface area contributed by atoms with Crippen molar-refractivity contribution in [1.29, 1.82) is 0 Å². The lowest BCUT2D eigenvalue weighted by atomic mass is 9.49. The number of aliphatic hydroxyl groups excluding tert-OH is 1. The smallest absolute Gasteiger partial charge is 0.260 e. The third-order valence-corrected chi connectivity index (χ3v) is 10.4. The van der Waals surface area contributed by atoms with E-state index < -0.39 is 29.1 Å². The third kappa shape index (κ3) is 4.40. The summed E-state index contributed by atoms with van der Waals surface area (Å²) in [5.41, 5.74) is 5.93. The molecule has 0 bridgehead atoms. The summed E-state index contributed by atoms with van der Waals surface area (Å²) in [4.78, 5) is 58.2. The van der Waals surface area contributed by atoms with Crippen molar-refractivity contribution in [2.24, 2.45) is 23.7 Å². The maximum Gasteiger partial charge on any atom is 0.260 e. The van der Waals surface area contributed by atoms with E-state index in [-0.39, 0.29) is 49.2 Å². The van der Waals surface area contributed by atoms with Crippen LogP contribution in [0.2, 0.25) is 0 Å². The van der Waals surface area contributed by atoms with Gasteiger partial charge in [-0.3, -0.25) is 29.5 Å². The molecule has 2 heterocycles. The van der Waals surface area contributed by atoms with E-state index in [1.807, 2.05) is 73.7 Å². The van der Waals surface area contributed by atoms with Gasteiger partial charge < -0.3 is 9.84 Å². The van der Waals surface area contributed by atoms with Crippen LogP contribution in [0.5, 0.6) is 5.75 Å². The molecule has 7 rings (SSSR count). The van der Waals surface area contributed by atoms with Crippen molar-refractivity contribution in [1.82, 2.24) is 9.91 Å². The number of hydrogen-bond donors (Lipinski definition) is 2. The van der Waals surface area contributed by atoms with Crippen molar-refractivity contribution in [3.63, 3.8) is 0 Å². The second-order valence-corrected chi connectivity index (χ2v) is 12.7. The zero-order valence-electron chi connectivity index (χ0n) is 25.9. The van der Waals surface area contributed by atoms with Crippen molar-refractivity contribution < 1.29 is 29.0 Å². The first-order chi connectivity index (χ1) is 22.3. The van der Waals surface area contributed by atoms with Gasteiger partial charge >= 0.3 is 0 Å². The number of carbonyl (C=O) groups excluding carboxylic acids is 4. The average molecular weight is 620 g/mol. The predicted molar refractivity (Wildman–Crippen MR) is 170 cm³/mol. The SMILES string of the molecule is CCN1C(=O)[C@H]2[C@H](CC=C3[C@H]2C[C@H]2C(=O)N(Nc4ccc(C)cc4)C(=O)[C@@]2(c2ccccc2)[C@H]3c2ccc(OCCO)cc2)C1=O. The number of aliphatic hydroxyl groups is 1. The van der Waals surface area contributed by atoms with E-state index >= 15 is 4.79 Å². The highest BCUT2D eigenvalue weighted by atomic mass is 16.5. The molecule has 2 aliphatic carbocycles. The number of likely N-dealkylation sites (tertiary alicyclic amines) is 1. The summed E-state index contributed by atoms with van der Waals surface area (Å²) in [5, 5.41) is 10.4. The highest BCUT2D eigenvalue weighted by molar-refractivity contribution is 6.13. The van der Waals surface area contributed by atoms with Crippen molar-refractivity contribution in [2.45, 2.75) is 38.0 Å². The van der Waals surface area contributed by atoms with Gasteiger partial charge in [0.25, 0.3) is 11.8 Å². The fraction of sp³-hybridized carbons (Fsp3) is 0.351. The molecule has 9 heteroatoms. The van der Waals surface area contributed by atoms with Gasteiger partial charge in [-0.1, -0.05) is 71.8 Å². The average Bonchev–Trinajstić information content (AvgIpc) is 3.45. The number of benzene rings is 3. The Labute approximate surface area is 267 Å². The minimum atomic E-state index is -1.31. The monoisotopic (exact) mass is 619 g/mol. The zero-order valence-corrected chi connectivity index (χ0v) is 25.9. The summed E-state index contributed by atoms with van der Waals surface area (Å²) in [6, 6.07) is 24.4. The number of hydrogen-bond acceptors (Lipinski definition) is 7. The van der Waals surface area contributed by atoms with Crippen molar-refractivity contribution in [3.8, 4) is 5.75 Å². The van der Waals surface area contributed by atoms with Crippen LogP contribution in [0, 0.1) is 30.6 Å². The lowest BCUT2D eigenvalue weighted by Gasteiger charge is -2.50. The molecule has 4 aliphatic rings. The number of aryl methyl sites for hydroxylation is 1. The minimum absolute atomic E-state index is 0.123. The number of rotatable bonds is 8. The summed E-state index contributed by atoms with van der Waals surface area (Å²) < 4.78 is 5.65. The number of amides is 4. The van der Waals surface area contributed by atoms with Crippen LogP contribution in [0.15, 0.2) is 90.5 Å². The van der Waals surface area contributed by atoms with E-state index in [1.165, 1.54) is 9.91 Å². The largest absolute Gasteiger partial charge is 0.491 e. The molecule has 2 aliphatic heterocycles. The third-order valence-electron chi connectivity index (χ3n) is 10.4. The normalized spacial score (nSPS) is 28.5. The fourth-order valence-corrected chi connectivity index (χ4v) is 8.42. The van der Waals surface area contributed by atoms with Gasteiger partial charge in [0.15, 0.2) is 0 Å². The number of fused-ring (bicyclic) bond motifs is 4. The second kappa shape index (κ2) is 11.6. The summed E-state index contributed by atoms with van der Waals surface area (Å²) in [7, 11) is 0. The molecule has 6 atom stereocenters. The van der Waals surface area contributed by atoms with Crippen LogP contribution >= 0.6 is 0 Å². The Bertz CT molecular complexity index is 1720. The van der Waals surface area contributed by atoms with E-state index in [2.05, 4.69) is 11.5 Å². The van der Waals surface area contributed by atoms with Gasteiger partial charge in [0, 0.05) is 12.5 Å². The number of allylic oxidation sites excluding steroid dienone is 2. The van der Waals surface area contributed by atoms with Gasteiger partial charge in [-0.25, -0.2) is 0 Å². The molecule has 9 nitrogen and oxygen atoms in total. The molecule has 3 aromatic carbocycles. The molecule has 3 fully saturated rings. The van der Waals surface area contributed by atoms with Crippen LogP contribution in [-0.4, -0.2) is 58.4 Å². The van der Waals surface area contributed by atoms with Gasteiger partial charge in [0.2, 0.25) is 11.8 Å². The van der Waals surface area contributed by atoms with E-state index in [9.17, 15) is 19.5 Å². The molecule has 0 spiro atoms. The van der Waals surface area contributed by atoms with Crippen LogP contribution in [0.25, 0.3) is 0 Å². The summed E-state index contributed by atoms with van der Waals surface area (Å²) in [6.07, 6.45) is 2.73. The van der Waals surface area contributed by atoms with Gasteiger partial charge in [0.05, 0.1) is 35.5 Å². The van der Waals surface area contributed by atoms with Crippen molar-refractivity contribution >= 4 is 29.3 Å². The fourth-order valence-electron chi connectivity index (χ4n) is 8.42. The van der Waals surface area contributed by atoms with Gasteiger partial charge in [-0.2, -0.15) is 5.01 Å². The van der Waals surface area contributed by atoms with Gasteiger partial charge in [0.1, 0.15) is 12.4 Å². The Morgan fingerprint density at radius 1 is 0.891 bits per heavy atom. The van der Waals surface area contributed by atoms with Crippen LogP contribution in [0.1, 0.15) is 42.4 Å². The number of ether oxygens (including phenoxy) is 1. The zero-order chi connectivity index (χ0) is 32.2. The van der Waals surface area contributed by atoms with Crippen LogP contribution in [0.4, 0.5) is 5.69 Å². The molecule has 2 N–H and O–H groups in total. The summed E-state index contributed by atoms with van der Waals surface area (Å²) in [6.45, 7) is 4.10. The first kappa shape index (κ1) is 29.9. The Morgan fingerprint density at radius 3 is 2.28 bits per heavy atom. The highest BCUT2D eigenvalue weighted by Crippen LogP contribution is 2.64. The molecule has 46 heavy (non-hydrogen) atoms. The molecule has 1 saturated carbocycles. The Balaban J connectivity index is 1.42. The molecule has 0 aromatic heterocycles. The summed E-state index contributed by atoms with van der Waals surface area (Å²) >= 11 is 0. The van der Waals surface area contributed by atoms with E-state index in [0.717, 1.165) is 22.3 Å². The van der Waals surface area contributed by atoms with Crippen molar-refractivity contribution in [2.75, 3.05) is 25.2 Å². The standard InChI is InChI=1S/C37H37N3O6/c1-3-39-33(42)28-18-17-27-29(31(28)35(39)44)21-30-34(43)40(38-25-13-9-22(2)10-14-25)36(45)37(30,24-7-5-4-6-8-24)32(27)23-11-15-26(16-12-23)46-20-19-41/h4-17,28-32,38,41H,3,18-21H2,1-2H3/t28-,29+,30-,31-,32-,37+/m0/s1. The first-order valence-corrected chi connectivity index (χ1v) is 16.0. The molecule has 0 radical (unpaired) electrons. The highest BCUT2D eigenvalue weighted by Gasteiger charge is 2.70. The second-order valence-electron chi connectivity index (χ2n) is 12.7.